The number of rotatable bonds is 4. The van der Waals surface area contributed by atoms with Crippen LogP contribution in [0.1, 0.15) is 42.4 Å². The fourth-order valence-electron chi connectivity index (χ4n) is 3.53. The maximum atomic E-state index is 13.3. The summed E-state index contributed by atoms with van der Waals surface area (Å²) in [5, 5.41) is 4.54. The van der Waals surface area contributed by atoms with Gasteiger partial charge in [-0.15, -0.1) is 0 Å². The van der Waals surface area contributed by atoms with Gasteiger partial charge in [0.2, 0.25) is 5.75 Å². The Labute approximate surface area is 173 Å². The maximum absolute atomic E-state index is 13.3. The molecule has 28 heavy (non-hydrogen) atoms. The van der Waals surface area contributed by atoms with Gasteiger partial charge in [-0.25, -0.2) is 0 Å². The molecule has 1 aromatic carbocycles. The van der Waals surface area contributed by atoms with E-state index < -0.39 is 0 Å². The average molecular weight is 452 g/mol. The monoisotopic (exact) mass is 451 g/mol. The molecule has 0 spiro atoms. The normalized spacial score (nSPS) is 13.9. The third kappa shape index (κ3) is 3.45. The molecule has 2 aromatic rings. The van der Waals surface area contributed by atoms with Crippen LogP contribution in [-0.2, 0) is 18.5 Å². The standard InChI is InChI=1S/C20H26BrN3O4/c1-20(2,3)24-14-7-8-23(11-12(14)10-22-24)19(25)13-9-15(26-4)17(27-5)18(28-6)16(13)21/h9-10H,7-8,11H2,1-6H3. The molecule has 1 aromatic heterocycles. The molecule has 0 saturated heterocycles. The summed E-state index contributed by atoms with van der Waals surface area (Å²) in [7, 11) is 4.60. The molecule has 152 valence electrons. The Morgan fingerprint density at radius 3 is 2.39 bits per heavy atom. The summed E-state index contributed by atoms with van der Waals surface area (Å²) in [4.78, 5) is 15.1. The first kappa shape index (κ1) is 20.5. The van der Waals surface area contributed by atoms with E-state index in [1.165, 1.54) is 27.0 Å². The third-order valence-electron chi connectivity index (χ3n) is 4.86. The number of halogens is 1. The Balaban J connectivity index is 1.95. The van der Waals surface area contributed by atoms with Crippen LogP contribution >= 0.6 is 15.9 Å². The maximum Gasteiger partial charge on any atom is 0.255 e. The van der Waals surface area contributed by atoms with Gasteiger partial charge in [0, 0.05) is 30.8 Å². The number of carbonyl (C=O) groups is 1. The summed E-state index contributed by atoms with van der Waals surface area (Å²) in [6.07, 6.45) is 2.63. The van der Waals surface area contributed by atoms with E-state index in [0.717, 1.165) is 12.0 Å². The molecule has 1 aliphatic rings. The van der Waals surface area contributed by atoms with Crippen molar-refractivity contribution >= 4 is 21.8 Å². The largest absolute Gasteiger partial charge is 0.493 e. The molecule has 7 nitrogen and oxygen atoms in total. The van der Waals surface area contributed by atoms with Crippen LogP contribution in [0.5, 0.6) is 17.2 Å². The third-order valence-corrected chi connectivity index (χ3v) is 5.64. The number of nitrogens with zero attached hydrogens (tertiary/aromatic N) is 3. The molecular formula is C20H26BrN3O4. The minimum absolute atomic E-state index is 0.0838. The minimum Gasteiger partial charge on any atom is -0.493 e. The predicted octanol–water partition coefficient (Wildman–Crippen LogP) is 3.62. The molecule has 0 bridgehead atoms. The zero-order valence-electron chi connectivity index (χ0n) is 17.1. The predicted molar refractivity (Wildman–Crippen MR) is 109 cm³/mol. The Bertz CT molecular complexity index is 902. The van der Waals surface area contributed by atoms with Gasteiger partial charge < -0.3 is 19.1 Å². The van der Waals surface area contributed by atoms with Crippen LogP contribution in [0, 0.1) is 0 Å². The highest BCUT2D eigenvalue weighted by Gasteiger charge is 2.30. The Kier molecular flexibility index (Phi) is 5.61. The lowest BCUT2D eigenvalue weighted by Crippen LogP contribution is -2.37. The van der Waals surface area contributed by atoms with Gasteiger partial charge in [-0.2, -0.15) is 5.10 Å². The van der Waals surface area contributed by atoms with Crippen molar-refractivity contribution in [2.75, 3.05) is 27.9 Å². The number of hydrogen-bond acceptors (Lipinski definition) is 5. The summed E-state index contributed by atoms with van der Waals surface area (Å²) in [6, 6.07) is 1.68. The first-order chi connectivity index (χ1) is 13.2. The van der Waals surface area contributed by atoms with Crippen LogP contribution in [-0.4, -0.2) is 48.5 Å². The molecule has 1 amide bonds. The molecule has 0 saturated carbocycles. The fourth-order valence-corrected chi connectivity index (χ4v) is 4.16. The van der Waals surface area contributed by atoms with E-state index in [0.29, 0.717) is 40.4 Å². The molecule has 1 aliphatic heterocycles. The number of methoxy groups -OCH3 is 3. The van der Waals surface area contributed by atoms with Crippen molar-refractivity contribution in [2.24, 2.45) is 0 Å². The average Bonchev–Trinajstić information content (AvgIpc) is 3.10. The molecule has 0 unspecified atom stereocenters. The van der Waals surface area contributed by atoms with Crippen molar-refractivity contribution < 1.29 is 19.0 Å². The van der Waals surface area contributed by atoms with Crippen molar-refractivity contribution in [2.45, 2.75) is 39.3 Å². The van der Waals surface area contributed by atoms with Gasteiger partial charge in [-0.3, -0.25) is 9.48 Å². The zero-order chi connectivity index (χ0) is 20.6. The Hall–Kier alpha value is -2.22. The van der Waals surface area contributed by atoms with Gasteiger partial charge >= 0.3 is 0 Å². The van der Waals surface area contributed by atoms with Crippen molar-refractivity contribution in [3.63, 3.8) is 0 Å². The van der Waals surface area contributed by atoms with Crippen LogP contribution in [0.3, 0.4) is 0 Å². The first-order valence-corrected chi connectivity index (χ1v) is 9.86. The molecule has 3 rings (SSSR count). The van der Waals surface area contributed by atoms with Crippen LogP contribution in [0.2, 0.25) is 0 Å². The number of ether oxygens (including phenoxy) is 3. The van der Waals surface area contributed by atoms with Gasteiger partial charge in [-0.05, 0) is 42.8 Å². The van der Waals surface area contributed by atoms with E-state index in [1.54, 1.807) is 6.07 Å². The summed E-state index contributed by atoms with van der Waals surface area (Å²) in [5.74, 6) is 1.23. The van der Waals surface area contributed by atoms with Crippen LogP contribution in [0.25, 0.3) is 0 Å². The molecule has 0 N–H and O–H groups in total. The molecule has 8 heteroatoms. The molecule has 0 aliphatic carbocycles. The number of aromatic nitrogens is 2. The lowest BCUT2D eigenvalue weighted by atomic mass is 10.0. The molecular weight excluding hydrogens is 426 g/mol. The van der Waals surface area contributed by atoms with Crippen LogP contribution in [0.15, 0.2) is 16.7 Å². The Morgan fingerprint density at radius 2 is 1.82 bits per heavy atom. The van der Waals surface area contributed by atoms with Crippen LogP contribution < -0.4 is 14.2 Å². The topological polar surface area (TPSA) is 65.8 Å². The highest BCUT2D eigenvalue weighted by molar-refractivity contribution is 9.10. The highest BCUT2D eigenvalue weighted by atomic mass is 79.9. The first-order valence-electron chi connectivity index (χ1n) is 9.06. The fraction of sp³-hybridized carbons (Fsp3) is 0.500. The van der Waals surface area contributed by atoms with E-state index in [2.05, 4.69) is 46.5 Å². The molecule has 0 atom stereocenters. The highest BCUT2D eigenvalue weighted by Crippen LogP contribution is 2.45. The summed E-state index contributed by atoms with van der Waals surface area (Å²) >= 11 is 3.50. The lowest BCUT2D eigenvalue weighted by Gasteiger charge is -2.30. The zero-order valence-corrected chi connectivity index (χ0v) is 18.7. The van der Waals surface area contributed by atoms with Gasteiger partial charge in [0.15, 0.2) is 11.5 Å². The molecule has 0 radical (unpaired) electrons. The summed E-state index contributed by atoms with van der Waals surface area (Å²) < 4.78 is 18.8. The van der Waals surface area contributed by atoms with Gasteiger partial charge in [-0.1, -0.05) is 0 Å². The quantitative estimate of drug-likeness (QED) is 0.709. The lowest BCUT2D eigenvalue weighted by molar-refractivity contribution is 0.0730. The smallest absolute Gasteiger partial charge is 0.255 e. The number of amides is 1. The van der Waals surface area contributed by atoms with Gasteiger partial charge in [0.25, 0.3) is 5.91 Å². The summed E-state index contributed by atoms with van der Waals surface area (Å²) in [6.45, 7) is 7.53. The number of fused-ring (bicyclic) bond motifs is 1. The molecule has 0 fully saturated rings. The van der Waals surface area contributed by atoms with E-state index in [9.17, 15) is 4.79 Å². The van der Waals surface area contributed by atoms with E-state index in [4.69, 9.17) is 14.2 Å². The van der Waals surface area contributed by atoms with E-state index in [-0.39, 0.29) is 11.4 Å². The minimum atomic E-state index is -0.0970. The SMILES string of the molecule is COc1cc(C(=O)N2CCc3c(cnn3C(C)(C)C)C2)c(Br)c(OC)c1OC. The van der Waals surface area contributed by atoms with E-state index >= 15 is 0 Å². The van der Waals surface area contributed by atoms with Crippen molar-refractivity contribution in [1.82, 2.24) is 14.7 Å². The second-order valence-corrected chi connectivity index (χ2v) is 8.48. The van der Waals surface area contributed by atoms with Gasteiger partial charge in [0.05, 0.1) is 43.1 Å². The van der Waals surface area contributed by atoms with Crippen molar-refractivity contribution in [3.8, 4) is 17.2 Å². The second kappa shape index (κ2) is 7.66. The van der Waals surface area contributed by atoms with Crippen LogP contribution in [0.4, 0.5) is 0 Å². The Morgan fingerprint density at radius 1 is 1.14 bits per heavy atom. The number of carbonyl (C=O) groups excluding carboxylic acids is 1. The molecule has 2 heterocycles. The van der Waals surface area contributed by atoms with Crippen molar-refractivity contribution in [3.05, 3.63) is 33.6 Å². The number of benzene rings is 1. The van der Waals surface area contributed by atoms with Gasteiger partial charge in [0.1, 0.15) is 0 Å². The van der Waals surface area contributed by atoms with E-state index in [1.807, 2.05) is 11.1 Å². The summed E-state index contributed by atoms with van der Waals surface area (Å²) in [5.41, 5.74) is 2.67. The number of hydrogen-bond donors (Lipinski definition) is 0. The van der Waals surface area contributed by atoms with Crippen molar-refractivity contribution in [1.29, 1.82) is 0 Å². The second-order valence-electron chi connectivity index (χ2n) is 7.68.